The third-order valence-corrected chi connectivity index (χ3v) is 7.25. The normalized spacial score (nSPS) is 17.8. The van der Waals surface area contributed by atoms with E-state index >= 15 is 4.39 Å². The molecule has 6 nitrogen and oxygen atoms in total. The number of aryl methyl sites for hydroxylation is 1. The van der Waals surface area contributed by atoms with Gasteiger partial charge in [-0.05, 0) is 60.9 Å². The van der Waals surface area contributed by atoms with Crippen LogP contribution in [0, 0.1) is 17.1 Å². The van der Waals surface area contributed by atoms with Gasteiger partial charge >= 0.3 is 0 Å². The Labute approximate surface area is 209 Å². The van der Waals surface area contributed by atoms with Crippen molar-refractivity contribution in [1.29, 1.82) is 5.26 Å². The highest BCUT2D eigenvalue weighted by atomic mass is 19.1. The lowest BCUT2D eigenvalue weighted by atomic mass is 9.92. The number of aliphatic hydroxyl groups is 1. The molecule has 1 aliphatic rings. The van der Waals surface area contributed by atoms with Gasteiger partial charge in [0.2, 0.25) is 0 Å². The molecule has 1 fully saturated rings. The molecule has 0 bridgehead atoms. The SMILES string of the molecule is CCCc1c(Cc2ccc(-c3ccccc3C#N)cc2F)c(=O)n(C2CCC(O)CC2)c2ccnn12. The van der Waals surface area contributed by atoms with E-state index in [4.69, 9.17) is 0 Å². The Balaban J connectivity index is 1.59. The van der Waals surface area contributed by atoms with Crippen molar-refractivity contribution in [3.8, 4) is 17.2 Å². The number of halogens is 1. The van der Waals surface area contributed by atoms with Gasteiger partial charge < -0.3 is 5.11 Å². The fourth-order valence-corrected chi connectivity index (χ4v) is 5.41. The number of hydrogen-bond donors (Lipinski definition) is 1. The van der Waals surface area contributed by atoms with E-state index in [0.29, 0.717) is 47.1 Å². The number of rotatable bonds is 6. The van der Waals surface area contributed by atoms with Crippen molar-refractivity contribution in [2.24, 2.45) is 0 Å². The molecule has 1 N–H and O–H groups in total. The molecule has 1 aliphatic carbocycles. The van der Waals surface area contributed by atoms with Gasteiger partial charge in [0.25, 0.3) is 5.56 Å². The molecule has 0 aliphatic heterocycles. The lowest BCUT2D eigenvalue weighted by molar-refractivity contribution is 0.110. The van der Waals surface area contributed by atoms with Crippen molar-refractivity contribution in [2.75, 3.05) is 0 Å². The summed E-state index contributed by atoms with van der Waals surface area (Å²) in [6.07, 6.45) is 5.77. The Morgan fingerprint density at radius 1 is 1.14 bits per heavy atom. The van der Waals surface area contributed by atoms with Crippen LogP contribution in [0.3, 0.4) is 0 Å². The summed E-state index contributed by atoms with van der Waals surface area (Å²) >= 11 is 0. The van der Waals surface area contributed by atoms with Gasteiger partial charge in [-0.2, -0.15) is 10.4 Å². The third-order valence-electron chi connectivity index (χ3n) is 7.25. The van der Waals surface area contributed by atoms with E-state index in [9.17, 15) is 15.2 Å². The second-order valence-corrected chi connectivity index (χ2v) is 9.55. The Hall–Kier alpha value is -3.76. The summed E-state index contributed by atoms with van der Waals surface area (Å²) < 4.78 is 19.1. The van der Waals surface area contributed by atoms with Crippen LogP contribution in [0.1, 0.15) is 67.5 Å². The molecule has 1 saturated carbocycles. The van der Waals surface area contributed by atoms with Crippen LogP contribution in [0.4, 0.5) is 4.39 Å². The predicted octanol–water partition coefficient (Wildman–Crippen LogP) is 5.19. The highest BCUT2D eigenvalue weighted by Crippen LogP contribution is 2.30. The zero-order valence-electron chi connectivity index (χ0n) is 20.3. The molecule has 7 heteroatoms. The van der Waals surface area contributed by atoms with Gasteiger partial charge in [-0.3, -0.25) is 9.36 Å². The summed E-state index contributed by atoms with van der Waals surface area (Å²) in [4.78, 5) is 13.9. The van der Waals surface area contributed by atoms with Gasteiger partial charge in [-0.25, -0.2) is 8.91 Å². The van der Waals surface area contributed by atoms with E-state index in [0.717, 1.165) is 30.6 Å². The Kier molecular flexibility index (Phi) is 6.71. The van der Waals surface area contributed by atoms with Gasteiger partial charge in [0.05, 0.1) is 29.6 Å². The second kappa shape index (κ2) is 10.1. The van der Waals surface area contributed by atoms with Crippen molar-refractivity contribution in [2.45, 2.75) is 64.0 Å². The maximum atomic E-state index is 15.4. The molecule has 4 aromatic rings. The summed E-state index contributed by atoms with van der Waals surface area (Å²) in [7, 11) is 0. The summed E-state index contributed by atoms with van der Waals surface area (Å²) in [6, 6.07) is 16.1. The van der Waals surface area contributed by atoms with E-state index in [1.54, 1.807) is 30.5 Å². The molecule has 0 spiro atoms. The fourth-order valence-electron chi connectivity index (χ4n) is 5.41. The smallest absolute Gasteiger partial charge is 0.257 e. The molecular weight excluding hydrogens is 455 g/mol. The first-order chi connectivity index (χ1) is 17.5. The zero-order chi connectivity index (χ0) is 25.2. The number of fused-ring (bicyclic) bond motifs is 1. The quantitative estimate of drug-likeness (QED) is 0.408. The minimum atomic E-state index is -0.407. The van der Waals surface area contributed by atoms with Crippen LogP contribution < -0.4 is 5.56 Å². The number of aromatic nitrogens is 3. The molecule has 2 aromatic carbocycles. The molecule has 2 heterocycles. The van der Waals surface area contributed by atoms with Crippen molar-refractivity contribution < 1.29 is 9.50 Å². The van der Waals surface area contributed by atoms with E-state index in [-0.39, 0.29) is 24.1 Å². The van der Waals surface area contributed by atoms with Crippen LogP contribution in [0.5, 0.6) is 0 Å². The molecule has 0 saturated heterocycles. The summed E-state index contributed by atoms with van der Waals surface area (Å²) in [6.45, 7) is 2.05. The van der Waals surface area contributed by atoms with Gasteiger partial charge in [-0.1, -0.05) is 43.7 Å². The topological polar surface area (TPSA) is 83.3 Å². The average Bonchev–Trinajstić information content (AvgIpc) is 3.37. The average molecular weight is 485 g/mol. The highest BCUT2D eigenvalue weighted by molar-refractivity contribution is 5.70. The van der Waals surface area contributed by atoms with Crippen molar-refractivity contribution in [3.05, 3.63) is 93.3 Å². The minimum Gasteiger partial charge on any atom is -0.393 e. The first kappa shape index (κ1) is 24.0. The first-order valence-electron chi connectivity index (χ1n) is 12.6. The Morgan fingerprint density at radius 2 is 1.92 bits per heavy atom. The summed E-state index contributed by atoms with van der Waals surface area (Å²) in [5.74, 6) is -0.407. The molecule has 2 aromatic heterocycles. The van der Waals surface area contributed by atoms with Crippen molar-refractivity contribution in [3.63, 3.8) is 0 Å². The second-order valence-electron chi connectivity index (χ2n) is 9.55. The Morgan fingerprint density at radius 3 is 2.64 bits per heavy atom. The molecule has 0 amide bonds. The zero-order valence-corrected chi connectivity index (χ0v) is 20.3. The molecule has 36 heavy (non-hydrogen) atoms. The lowest BCUT2D eigenvalue weighted by Crippen LogP contribution is -2.34. The highest BCUT2D eigenvalue weighted by Gasteiger charge is 2.26. The standard InChI is InChI=1S/C29H29FN4O2/c1-2-5-27-25(16-20-9-8-19(17-26(20)30)24-7-4-3-6-21(24)18-31)29(36)33(28-14-15-32-34(27)28)22-10-12-23(35)13-11-22/h3-4,6-9,14-15,17,22-23,35H,2,5,10-13,16H2,1H3. The maximum absolute atomic E-state index is 15.4. The summed E-state index contributed by atoms with van der Waals surface area (Å²) in [5, 5.41) is 23.9. The molecular formula is C29H29FN4O2. The molecule has 0 radical (unpaired) electrons. The van der Waals surface area contributed by atoms with Crippen molar-refractivity contribution in [1.82, 2.24) is 14.2 Å². The van der Waals surface area contributed by atoms with E-state index in [1.165, 1.54) is 6.07 Å². The summed E-state index contributed by atoms with van der Waals surface area (Å²) in [5.41, 5.74) is 4.24. The number of hydrogen-bond acceptors (Lipinski definition) is 4. The third kappa shape index (κ3) is 4.33. The Bertz CT molecular complexity index is 1510. The number of nitrogens with zero attached hydrogens (tertiary/aromatic N) is 4. The van der Waals surface area contributed by atoms with Gasteiger partial charge in [0.15, 0.2) is 0 Å². The largest absolute Gasteiger partial charge is 0.393 e. The monoisotopic (exact) mass is 484 g/mol. The molecule has 0 atom stereocenters. The van der Waals surface area contributed by atoms with Crippen LogP contribution >= 0.6 is 0 Å². The van der Waals surface area contributed by atoms with Gasteiger partial charge in [-0.15, -0.1) is 0 Å². The van der Waals surface area contributed by atoms with E-state index < -0.39 is 5.82 Å². The predicted molar refractivity (Wildman–Crippen MR) is 136 cm³/mol. The van der Waals surface area contributed by atoms with Crippen LogP contribution in [-0.2, 0) is 12.8 Å². The molecule has 5 rings (SSSR count). The van der Waals surface area contributed by atoms with Crippen LogP contribution in [0.25, 0.3) is 16.8 Å². The van der Waals surface area contributed by atoms with Gasteiger partial charge in [0.1, 0.15) is 11.5 Å². The number of nitriles is 1. The number of aliphatic hydroxyl groups excluding tert-OH is 1. The maximum Gasteiger partial charge on any atom is 0.257 e. The first-order valence-corrected chi connectivity index (χ1v) is 12.6. The minimum absolute atomic E-state index is 0.0239. The van der Waals surface area contributed by atoms with Crippen molar-refractivity contribution >= 4 is 5.65 Å². The van der Waals surface area contributed by atoms with E-state index in [2.05, 4.69) is 18.1 Å². The van der Waals surface area contributed by atoms with E-state index in [1.807, 2.05) is 27.3 Å². The van der Waals surface area contributed by atoms with Crippen LogP contribution in [0.2, 0.25) is 0 Å². The van der Waals surface area contributed by atoms with Crippen LogP contribution in [-0.4, -0.2) is 25.4 Å². The fraction of sp³-hybridized carbons (Fsp3) is 0.345. The number of benzene rings is 2. The molecule has 184 valence electrons. The molecule has 0 unspecified atom stereocenters. The van der Waals surface area contributed by atoms with Gasteiger partial charge in [0, 0.05) is 24.1 Å². The van der Waals surface area contributed by atoms with Crippen LogP contribution in [0.15, 0.2) is 59.5 Å². The lowest BCUT2D eigenvalue weighted by Gasteiger charge is -2.29.